The Morgan fingerprint density at radius 1 is 1.35 bits per heavy atom. The van der Waals surface area contributed by atoms with Crippen molar-refractivity contribution in [1.29, 1.82) is 0 Å². The molecule has 0 unspecified atom stereocenters. The topological polar surface area (TPSA) is 142 Å². The fourth-order valence-electron chi connectivity index (χ4n) is 3.32. The van der Waals surface area contributed by atoms with E-state index in [-0.39, 0.29) is 36.3 Å². The minimum atomic E-state index is -3.62. The third-order valence-corrected chi connectivity index (χ3v) is 6.92. The quantitative estimate of drug-likeness (QED) is 0.353. The predicted molar refractivity (Wildman–Crippen MR) is 89.5 cm³/mol. The largest absolute Gasteiger partial charge is 0.451 e. The van der Waals surface area contributed by atoms with Crippen LogP contribution in [0.2, 0.25) is 6.32 Å². The van der Waals surface area contributed by atoms with Gasteiger partial charge in [-0.25, -0.2) is 0 Å². The highest BCUT2D eigenvalue weighted by Gasteiger charge is 2.58. The first-order valence-corrected chi connectivity index (χ1v) is 9.50. The van der Waals surface area contributed by atoms with E-state index in [4.69, 9.17) is 21.5 Å². The first-order valence-electron chi connectivity index (χ1n) is 8.06. The van der Waals surface area contributed by atoms with Gasteiger partial charge >= 0.3 is 7.12 Å². The molecule has 4 atom stereocenters. The van der Waals surface area contributed by atoms with Crippen molar-refractivity contribution >= 4 is 17.3 Å². The summed E-state index contributed by atoms with van der Waals surface area (Å²) < 4.78 is 29.2. The fraction of sp³-hybridized carbons (Fsp3) is 1.00. The van der Waals surface area contributed by atoms with Gasteiger partial charge in [0.2, 0.25) is 0 Å². The van der Waals surface area contributed by atoms with Crippen molar-refractivity contribution in [2.24, 2.45) is 22.8 Å². The highest BCUT2D eigenvalue weighted by atomic mass is 32.2. The SMILES string of the molecule is CC1(C)[C@@H](N)[C@@H]1NS(=O)(=O)N1C[C@H](CCCB(O)O)[C@@](C)(N)C1. The normalized spacial score (nSPS) is 37.1. The highest BCUT2D eigenvalue weighted by molar-refractivity contribution is 7.87. The first-order chi connectivity index (χ1) is 10.4. The van der Waals surface area contributed by atoms with Crippen molar-refractivity contribution in [3.8, 4) is 0 Å². The molecule has 134 valence electrons. The molecule has 8 nitrogen and oxygen atoms in total. The predicted octanol–water partition coefficient (Wildman–Crippen LogP) is -1.54. The second-order valence-electron chi connectivity index (χ2n) is 7.85. The van der Waals surface area contributed by atoms with Crippen LogP contribution in [0.25, 0.3) is 0 Å². The van der Waals surface area contributed by atoms with E-state index in [0.29, 0.717) is 19.4 Å². The van der Waals surface area contributed by atoms with Crippen LogP contribution in [0.15, 0.2) is 0 Å². The molecular formula is C13H29BN4O4S. The van der Waals surface area contributed by atoms with Crippen LogP contribution >= 0.6 is 0 Å². The zero-order chi connectivity index (χ0) is 17.6. The average molecular weight is 348 g/mol. The molecule has 0 amide bonds. The van der Waals surface area contributed by atoms with Crippen molar-refractivity contribution in [3.63, 3.8) is 0 Å². The Balaban J connectivity index is 1.96. The summed E-state index contributed by atoms with van der Waals surface area (Å²) in [6.45, 7) is 6.30. The number of nitrogens with one attached hydrogen (secondary N) is 1. The summed E-state index contributed by atoms with van der Waals surface area (Å²) in [4.78, 5) is 0. The minimum absolute atomic E-state index is 0.0151. The Morgan fingerprint density at radius 3 is 2.39 bits per heavy atom. The van der Waals surface area contributed by atoms with Crippen molar-refractivity contribution in [3.05, 3.63) is 0 Å². The summed E-state index contributed by atoms with van der Waals surface area (Å²) in [7, 11) is -4.95. The van der Waals surface area contributed by atoms with Crippen LogP contribution in [-0.2, 0) is 10.2 Å². The minimum Gasteiger partial charge on any atom is -0.427 e. The molecule has 1 aliphatic heterocycles. The molecule has 1 saturated heterocycles. The number of rotatable bonds is 7. The Morgan fingerprint density at radius 2 is 1.91 bits per heavy atom. The van der Waals surface area contributed by atoms with Crippen LogP contribution in [0.4, 0.5) is 0 Å². The summed E-state index contributed by atoms with van der Waals surface area (Å²) in [6.07, 6.45) is 1.52. The second-order valence-corrected chi connectivity index (χ2v) is 9.56. The van der Waals surface area contributed by atoms with Crippen LogP contribution in [0.5, 0.6) is 0 Å². The van der Waals surface area contributed by atoms with Crippen molar-refractivity contribution < 1.29 is 18.5 Å². The molecule has 0 spiro atoms. The van der Waals surface area contributed by atoms with Crippen LogP contribution in [0.3, 0.4) is 0 Å². The zero-order valence-electron chi connectivity index (χ0n) is 14.1. The Hall–Kier alpha value is -0.225. The Labute approximate surface area is 138 Å². The van der Waals surface area contributed by atoms with E-state index >= 15 is 0 Å². The van der Waals surface area contributed by atoms with Gasteiger partial charge in [0.1, 0.15) is 0 Å². The van der Waals surface area contributed by atoms with Gasteiger partial charge in [0.25, 0.3) is 10.2 Å². The van der Waals surface area contributed by atoms with E-state index < -0.39 is 22.9 Å². The monoisotopic (exact) mass is 348 g/mol. The van der Waals surface area contributed by atoms with Gasteiger partial charge in [-0.2, -0.15) is 17.4 Å². The molecule has 0 aromatic carbocycles. The van der Waals surface area contributed by atoms with Gasteiger partial charge in [-0.15, -0.1) is 0 Å². The number of hydrogen-bond acceptors (Lipinski definition) is 6. The molecule has 2 aliphatic rings. The van der Waals surface area contributed by atoms with Crippen molar-refractivity contribution in [1.82, 2.24) is 9.03 Å². The number of hydrogen-bond donors (Lipinski definition) is 5. The molecule has 0 aromatic heterocycles. The molecule has 7 N–H and O–H groups in total. The summed E-state index contributed by atoms with van der Waals surface area (Å²) in [5, 5.41) is 17.8. The molecular weight excluding hydrogens is 319 g/mol. The maximum Gasteiger partial charge on any atom is 0.451 e. The van der Waals surface area contributed by atoms with E-state index in [1.54, 1.807) is 0 Å². The lowest BCUT2D eigenvalue weighted by molar-refractivity contribution is 0.343. The Bertz CT molecular complexity index is 540. The van der Waals surface area contributed by atoms with E-state index in [9.17, 15) is 8.42 Å². The van der Waals surface area contributed by atoms with Gasteiger partial charge < -0.3 is 21.5 Å². The van der Waals surface area contributed by atoms with Crippen LogP contribution in [0, 0.1) is 11.3 Å². The van der Waals surface area contributed by atoms with Crippen LogP contribution in [0.1, 0.15) is 33.6 Å². The second kappa shape index (κ2) is 6.25. The molecule has 0 bridgehead atoms. The molecule has 2 fully saturated rings. The standard InChI is InChI=1S/C13H29BN4O4S/c1-12(2)10(15)11(12)17-23(21,22)18-7-9(13(3,16)8-18)5-4-6-14(19)20/h9-11,17,19-20H,4-8,15-16H2,1-3H3/t9-,10-,11-,13-/m0/s1. The van der Waals surface area contributed by atoms with Crippen LogP contribution < -0.4 is 16.2 Å². The number of nitrogens with two attached hydrogens (primary N) is 2. The lowest BCUT2D eigenvalue weighted by Crippen LogP contribution is -2.47. The van der Waals surface area contributed by atoms with E-state index in [0.717, 1.165) is 0 Å². The summed E-state index contributed by atoms with van der Waals surface area (Å²) in [5.41, 5.74) is 11.3. The maximum absolute atomic E-state index is 12.6. The highest BCUT2D eigenvalue weighted by Crippen LogP contribution is 2.44. The summed E-state index contributed by atoms with van der Waals surface area (Å²) in [6, 6.07) is -0.425. The molecule has 0 aromatic rings. The molecule has 1 heterocycles. The van der Waals surface area contributed by atoms with Gasteiger partial charge in [0.15, 0.2) is 0 Å². The van der Waals surface area contributed by atoms with Crippen molar-refractivity contribution in [2.75, 3.05) is 13.1 Å². The third kappa shape index (κ3) is 4.06. The fourth-order valence-corrected chi connectivity index (χ4v) is 5.06. The van der Waals surface area contributed by atoms with Gasteiger partial charge in [0.05, 0.1) is 0 Å². The smallest absolute Gasteiger partial charge is 0.427 e. The maximum atomic E-state index is 12.6. The van der Waals surface area contributed by atoms with E-state index in [1.165, 1.54) is 4.31 Å². The molecule has 23 heavy (non-hydrogen) atoms. The third-order valence-electron chi connectivity index (χ3n) is 5.42. The van der Waals surface area contributed by atoms with Gasteiger partial charge in [-0.05, 0) is 31.0 Å². The Kier molecular flexibility index (Phi) is 5.19. The van der Waals surface area contributed by atoms with Gasteiger partial charge in [0, 0.05) is 30.7 Å². The number of nitrogens with zero attached hydrogens (tertiary/aromatic N) is 1. The molecule has 1 saturated carbocycles. The summed E-state index contributed by atoms with van der Waals surface area (Å²) in [5.74, 6) is -0.0151. The van der Waals surface area contributed by atoms with Gasteiger partial charge in [-0.1, -0.05) is 20.3 Å². The van der Waals surface area contributed by atoms with E-state index in [2.05, 4.69) is 4.72 Å². The lowest BCUT2D eigenvalue weighted by atomic mass is 9.79. The average Bonchev–Trinajstić information content (AvgIpc) is 2.72. The molecule has 0 radical (unpaired) electrons. The van der Waals surface area contributed by atoms with E-state index in [1.807, 2.05) is 20.8 Å². The van der Waals surface area contributed by atoms with Gasteiger partial charge in [-0.3, -0.25) is 0 Å². The lowest BCUT2D eigenvalue weighted by Gasteiger charge is -2.25. The molecule has 2 rings (SSSR count). The first kappa shape index (κ1) is 19.1. The molecule has 10 heteroatoms. The summed E-state index contributed by atoms with van der Waals surface area (Å²) >= 11 is 0. The van der Waals surface area contributed by atoms with Crippen molar-refractivity contribution in [2.45, 2.75) is 57.6 Å². The molecule has 1 aliphatic carbocycles. The zero-order valence-corrected chi connectivity index (χ0v) is 14.9. The van der Waals surface area contributed by atoms with Crippen LogP contribution in [-0.4, -0.2) is 60.6 Å².